The third-order valence-corrected chi connectivity index (χ3v) is 3.81. The second-order valence-corrected chi connectivity index (χ2v) is 5.14. The van der Waals surface area contributed by atoms with Gasteiger partial charge in [0.2, 0.25) is 0 Å². The first-order valence-corrected chi connectivity index (χ1v) is 6.56. The number of amides is 1. The van der Waals surface area contributed by atoms with Gasteiger partial charge < -0.3 is 10.4 Å². The molecule has 5 heteroatoms. The average Bonchev–Trinajstić information content (AvgIpc) is 2.77. The largest absolute Gasteiger partial charge is 0.478 e. The van der Waals surface area contributed by atoms with Gasteiger partial charge in [0.15, 0.2) is 0 Å². The van der Waals surface area contributed by atoms with Crippen LogP contribution >= 0.6 is 11.3 Å². The Morgan fingerprint density at radius 2 is 1.89 bits per heavy atom. The van der Waals surface area contributed by atoms with Gasteiger partial charge in [0.05, 0.1) is 10.4 Å². The minimum absolute atomic E-state index is 0.195. The lowest BCUT2D eigenvalue weighted by atomic mass is 10.1. The summed E-state index contributed by atoms with van der Waals surface area (Å²) in [6.45, 7) is 3.59. The van der Waals surface area contributed by atoms with E-state index in [-0.39, 0.29) is 11.5 Å². The molecule has 1 aromatic heterocycles. The lowest BCUT2D eigenvalue weighted by Crippen LogP contribution is -2.12. The molecule has 19 heavy (non-hydrogen) atoms. The number of thiophene rings is 1. The van der Waals surface area contributed by atoms with Crippen LogP contribution < -0.4 is 5.32 Å². The molecule has 0 unspecified atom stereocenters. The second-order valence-electron chi connectivity index (χ2n) is 4.22. The van der Waals surface area contributed by atoms with Crippen molar-refractivity contribution in [3.05, 3.63) is 51.2 Å². The summed E-state index contributed by atoms with van der Waals surface area (Å²) in [4.78, 5) is 23.7. The quantitative estimate of drug-likeness (QED) is 0.903. The maximum Gasteiger partial charge on any atom is 0.336 e. The van der Waals surface area contributed by atoms with Crippen molar-refractivity contribution in [2.24, 2.45) is 0 Å². The summed E-state index contributed by atoms with van der Waals surface area (Å²) >= 11 is 1.36. The molecule has 0 aliphatic carbocycles. The molecule has 0 aliphatic rings. The summed E-state index contributed by atoms with van der Waals surface area (Å²) in [5, 5.41) is 13.6. The van der Waals surface area contributed by atoms with Crippen molar-refractivity contribution in [2.75, 3.05) is 5.32 Å². The summed E-state index contributed by atoms with van der Waals surface area (Å²) in [7, 11) is 0. The smallest absolute Gasteiger partial charge is 0.336 e. The number of anilines is 1. The van der Waals surface area contributed by atoms with E-state index in [4.69, 9.17) is 5.11 Å². The van der Waals surface area contributed by atoms with Crippen LogP contribution in [0, 0.1) is 13.8 Å². The topological polar surface area (TPSA) is 66.4 Å². The van der Waals surface area contributed by atoms with E-state index in [1.54, 1.807) is 19.1 Å². The molecule has 2 aromatic rings. The lowest BCUT2D eigenvalue weighted by molar-refractivity contribution is 0.0695. The van der Waals surface area contributed by atoms with Crippen molar-refractivity contribution in [1.82, 2.24) is 0 Å². The third-order valence-electron chi connectivity index (χ3n) is 2.79. The van der Waals surface area contributed by atoms with Crippen LogP contribution in [-0.4, -0.2) is 17.0 Å². The Balaban J connectivity index is 2.25. The molecule has 1 amide bonds. The van der Waals surface area contributed by atoms with E-state index in [1.807, 2.05) is 18.4 Å². The van der Waals surface area contributed by atoms with Crippen LogP contribution in [0.25, 0.3) is 0 Å². The Morgan fingerprint density at radius 3 is 2.47 bits per heavy atom. The molecule has 4 nitrogen and oxygen atoms in total. The van der Waals surface area contributed by atoms with Crippen molar-refractivity contribution in [3.63, 3.8) is 0 Å². The van der Waals surface area contributed by atoms with Crippen molar-refractivity contribution in [3.8, 4) is 0 Å². The molecular weight excluding hydrogens is 262 g/mol. The monoisotopic (exact) mass is 275 g/mol. The zero-order chi connectivity index (χ0) is 14.0. The normalized spacial score (nSPS) is 10.2. The number of rotatable bonds is 3. The summed E-state index contributed by atoms with van der Waals surface area (Å²) < 4.78 is 0. The Labute approximate surface area is 114 Å². The summed E-state index contributed by atoms with van der Waals surface area (Å²) in [5.41, 5.74) is 2.26. The third kappa shape index (κ3) is 2.82. The van der Waals surface area contributed by atoms with Crippen LogP contribution in [0.5, 0.6) is 0 Å². The molecule has 98 valence electrons. The predicted octanol–water partition coefficient (Wildman–Crippen LogP) is 3.32. The molecule has 0 bridgehead atoms. The molecule has 1 heterocycles. The van der Waals surface area contributed by atoms with E-state index in [0.717, 1.165) is 5.56 Å². The van der Waals surface area contributed by atoms with Crippen molar-refractivity contribution in [1.29, 1.82) is 0 Å². The molecule has 0 spiro atoms. The van der Waals surface area contributed by atoms with E-state index in [9.17, 15) is 9.59 Å². The SMILES string of the molecule is Cc1ccc(NC(=O)c2sccc2C)cc1C(=O)O. The van der Waals surface area contributed by atoms with Crippen molar-refractivity contribution >= 4 is 28.9 Å². The van der Waals surface area contributed by atoms with Crippen LogP contribution in [-0.2, 0) is 0 Å². The Kier molecular flexibility index (Phi) is 3.66. The highest BCUT2D eigenvalue weighted by molar-refractivity contribution is 7.12. The lowest BCUT2D eigenvalue weighted by Gasteiger charge is -2.07. The van der Waals surface area contributed by atoms with E-state index < -0.39 is 5.97 Å². The summed E-state index contributed by atoms with van der Waals surface area (Å²) in [6, 6.07) is 6.72. The molecule has 0 saturated heterocycles. The number of aryl methyl sites for hydroxylation is 2. The number of carboxylic acid groups (broad SMARTS) is 1. The van der Waals surface area contributed by atoms with E-state index in [1.165, 1.54) is 17.4 Å². The second kappa shape index (κ2) is 5.24. The molecule has 0 saturated carbocycles. The Bertz CT molecular complexity index is 646. The van der Waals surface area contributed by atoms with Crippen LogP contribution in [0.2, 0.25) is 0 Å². The summed E-state index contributed by atoms with van der Waals surface area (Å²) in [5.74, 6) is -1.21. The number of hydrogen-bond donors (Lipinski definition) is 2. The van der Waals surface area contributed by atoms with Gasteiger partial charge in [-0.05, 0) is 48.6 Å². The highest BCUT2D eigenvalue weighted by Gasteiger charge is 2.13. The van der Waals surface area contributed by atoms with Crippen molar-refractivity contribution in [2.45, 2.75) is 13.8 Å². The number of benzene rings is 1. The maximum absolute atomic E-state index is 12.0. The number of carbonyl (C=O) groups is 2. The minimum atomic E-state index is -0.999. The van der Waals surface area contributed by atoms with Crippen LogP contribution in [0.4, 0.5) is 5.69 Å². The zero-order valence-corrected chi connectivity index (χ0v) is 11.4. The number of aromatic carboxylic acids is 1. The van der Waals surface area contributed by atoms with Crippen LogP contribution in [0.3, 0.4) is 0 Å². The summed E-state index contributed by atoms with van der Waals surface area (Å²) in [6.07, 6.45) is 0. The van der Waals surface area contributed by atoms with Crippen LogP contribution in [0.1, 0.15) is 31.2 Å². The van der Waals surface area contributed by atoms with Gasteiger partial charge in [-0.25, -0.2) is 4.79 Å². The number of carbonyl (C=O) groups excluding carboxylic acids is 1. The van der Waals surface area contributed by atoms with Gasteiger partial charge in [0, 0.05) is 5.69 Å². The Morgan fingerprint density at radius 1 is 1.16 bits per heavy atom. The van der Waals surface area contributed by atoms with E-state index in [2.05, 4.69) is 5.32 Å². The number of carboxylic acids is 1. The van der Waals surface area contributed by atoms with Gasteiger partial charge in [-0.15, -0.1) is 11.3 Å². The molecular formula is C14H13NO3S. The van der Waals surface area contributed by atoms with E-state index in [0.29, 0.717) is 16.1 Å². The maximum atomic E-state index is 12.0. The first-order chi connectivity index (χ1) is 8.99. The molecule has 1 aromatic carbocycles. The van der Waals surface area contributed by atoms with Gasteiger partial charge in [0.1, 0.15) is 0 Å². The average molecular weight is 275 g/mol. The molecule has 0 radical (unpaired) electrons. The molecule has 0 atom stereocenters. The molecule has 0 aliphatic heterocycles. The molecule has 0 fully saturated rings. The fourth-order valence-corrected chi connectivity index (χ4v) is 2.54. The van der Waals surface area contributed by atoms with Gasteiger partial charge in [-0.1, -0.05) is 6.07 Å². The fourth-order valence-electron chi connectivity index (χ4n) is 1.72. The molecule has 2 N–H and O–H groups in total. The first-order valence-electron chi connectivity index (χ1n) is 5.68. The van der Waals surface area contributed by atoms with Gasteiger partial charge in [-0.2, -0.15) is 0 Å². The van der Waals surface area contributed by atoms with Crippen LogP contribution in [0.15, 0.2) is 29.6 Å². The van der Waals surface area contributed by atoms with E-state index >= 15 is 0 Å². The highest BCUT2D eigenvalue weighted by atomic mass is 32.1. The number of hydrogen-bond acceptors (Lipinski definition) is 3. The number of nitrogens with one attached hydrogen (secondary N) is 1. The van der Waals surface area contributed by atoms with Gasteiger partial charge >= 0.3 is 5.97 Å². The van der Waals surface area contributed by atoms with Gasteiger partial charge in [0.25, 0.3) is 5.91 Å². The zero-order valence-electron chi connectivity index (χ0n) is 10.6. The standard InChI is InChI=1S/C14H13NO3S/c1-8-3-4-10(7-11(8)14(17)18)15-13(16)12-9(2)5-6-19-12/h3-7H,1-2H3,(H,15,16)(H,17,18). The van der Waals surface area contributed by atoms with Crippen molar-refractivity contribution < 1.29 is 14.7 Å². The predicted molar refractivity (Wildman–Crippen MR) is 75.1 cm³/mol. The fraction of sp³-hybridized carbons (Fsp3) is 0.143. The molecule has 2 rings (SSSR count). The Hall–Kier alpha value is -2.14. The minimum Gasteiger partial charge on any atom is -0.478 e. The highest BCUT2D eigenvalue weighted by Crippen LogP contribution is 2.20. The first kappa shape index (κ1) is 13.3. The van der Waals surface area contributed by atoms with Gasteiger partial charge in [-0.3, -0.25) is 4.79 Å².